The number of carbonyl (C=O) groups is 3. The number of hydrogen-bond acceptors (Lipinski definition) is 6. The zero-order chi connectivity index (χ0) is 18.9. The summed E-state index contributed by atoms with van der Waals surface area (Å²) in [6, 6.07) is 10.1. The molecule has 0 aliphatic carbocycles. The number of hydrogen-bond donors (Lipinski definition) is 0. The van der Waals surface area contributed by atoms with Crippen molar-refractivity contribution in [3.63, 3.8) is 0 Å². The zero-order valence-electron chi connectivity index (χ0n) is 13.2. The highest BCUT2D eigenvalue weighted by Gasteiger charge is 2.38. The second kappa shape index (κ2) is 6.68. The van der Waals surface area contributed by atoms with Crippen molar-refractivity contribution in [1.29, 1.82) is 0 Å². The van der Waals surface area contributed by atoms with Crippen LogP contribution in [0.4, 0.5) is 4.39 Å². The number of amides is 2. The molecular formula is C17H12FNO6S. The number of rotatable bonds is 5. The number of sulfone groups is 1. The summed E-state index contributed by atoms with van der Waals surface area (Å²) in [5.41, 5.74) is 0.202. The minimum atomic E-state index is -3.84. The van der Waals surface area contributed by atoms with E-state index in [1.807, 2.05) is 0 Å². The van der Waals surface area contributed by atoms with E-state index in [-0.39, 0.29) is 16.0 Å². The van der Waals surface area contributed by atoms with E-state index >= 15 is 0 Å². The molecule has 0 unspecified atom stereocenters. The maximum Gasteiger partial charge on any atom is 0.334 e. The van der Waals surface area contributed by atoms with E-state index in [0.29, 0.717) is 5.06 Å². The van der Waals surface area contributed by atoms with Crippen LogP contribution in [0.5, 0.6) is 0 Å². The first-order valence-corrected chi connectivity index (χ1v) is 9.12. The van der Waals surface area contributed by atoms with Crippen LogP contribution in [0.2, 0.25) is 0 Å². The quantitative estimate of drug-likeness (QED) is 0.582. The van der Waals surface area contributed by atoms with Crippen LogP contribution in [0.15, 0.2) is 53.4 Å². The molecule has 9 heteroatoms. The average Bonchev–Trinajstić information content (AvgIpc) is 2.86. The number of imide groups is 1. The van der Waals surface area contributed by atoms with E-state index in [1.165, 1.54) is 12.1 Å². The lowest BCUT2D eigenvalue weighted by molar-refractivity contribution is -0.168. The molecule has 0 saturated heterocycles. The molecule has 1 aliphatic heterocycles. The molecule has 0 saturated carbocycles. The lowest BCUT2D eigenvalue weighted by Crippen LogP contribution is -2.33. The first kappa shape index (κ1) is 17.7. The normalized spacial score (nSPS) is 13.7. The number of halogens is 1. The van der Waals surface area contributed by atoms with Crippen molar-refractivity contribution in [2.75, 3.05) is 5.75 Å². The van der Waals surface area contributed by atoms with Crippen LogP contribution < -0.4 is 0 Å². The van der Waals surface area contributed by atoms with Gasteiger partial charge in [0.05, 0.1) is 28.2 Å². The smallest absolute Gasteiger partial charge is 0.330 e. The monoisotopic (exact) mass is 377 g/mol. The topological polar surface area (TPSA) is 97.8 Å². The molecule has 134 valence electrons. The second-order valence-corrected chi connectivity index (χ2v) is 7.55. The summed E-state index contributed by atoms with van der Waals surface area (Å²) >= 11 is 0. The minimum Gasteiger partial charge on any atom is -0.330 e. The van der Waals surface area contributed by atoms with E-state index in [1.54, 1.807) is 12.1 Å². The number of hydroxylamine groups is 2. The summed E-state index contributed by atoms with van der Waals surface area (Å²) in [5.74, 6) is -3.83. The van der Waals surface area contributed by atoms with E-state index < -0.39 is 45.6 Å². The molecule has 2 amide bonds. The Morgan fingerprint density at radius 2 is 1.50 bits per heavy atom. The van der Waals surface area contributed by atoms with Crippen molar-refractivity contribution in [2.45, 2.75) is 11.3 Å². The Labute approximate surface area is 147 Å². The molecule has 2 aromatic carbocycles. The average molecular weight is 377 g/mol. The molecule has 26 heavy (non-hydrogen) atoms. The van der Waals surface area contributed by atoms with Gasteiger partial charge in [-0.1, -0.05) is 17.2 Å². The fourth-order valence-corrected chi connectivity index (χ4v) is 3.60. The van der Waals surface area contributed by atoms with Crippen LogP contribution in [-0.4, -0.2) is 37.0 Å². The first-order chi connectivity index (χ1) is 12.3. The molecule has 2 aromatic rings. The van der Waals surface area contributed by atoms with Crippen molar-refractivity contribution in [2.24, 2.45) is 0 Å². The van der Waals surface area contributed by atoms with Crippen LogP contribution in [0.25, 0.3) is 0 Å². The molecule has 0 fully saturated rings. The van der Waals surface area contributed by atoms with Gasteiger partial charge in [-0.2, -0.15) is 0 Å². The maximum atomic E-state index is 12.9. The highest BCUT2D eigenvalue weighted by Crippen LogP contribution is 2.23. The largest absolute Gasteiger partial charge is 0.334 e. The van der Waals surface area contributed by atoms with Crippen molar-refractivity contribution >= 4 is 27.6 Å². The van der Waals surface area contributed by atoms with Crippen LogP contribution in [-0.2, 0) is 19.5 Å². The Kier molecular flexibility index (Phi) is 4.56. The summed E-state index contributed by atoms with van der Waals surface area (Å²) in [6.45, 7) is 0. The molecule has 0 aromatic heterocycles. The molecule has 0 atom stereocenters. The number of carbonyl (C=O) groups excluding carboxylic acids is 3. The highest BCUT2D eigenvalue weighted by atomic mass is 32.2. The van der Waals surface area contributed by atoms with Gasteiger partial charge in [-0.15, -0.1) is 0 Å². The zero-order valence-corrected chi connectivity index (χ0v) is 14.0. The summed E-state index contributed by atoms with van der Waals surface area (Å²) in [4.78, 5) is 40.6. The third-order valence-corrected chi connectivity index (χ3v) is 5.43. The van der Waals surface area contributed by atoms with E-state index in [9.17, 15) is 27.2 Å². The van der Waals surface area contributed by atoms with Crippen LogP contribution in [0.3, 0.4) is 0 Å². The van der Waals surface area contributed by atoms with Gasteiger partial charge in [-0.05, 0) is 36.4 Å². The number of nitrogens with zero attached hydrogens (tertiary/aromatic N) is 1. The van der Waals surface area contributed by atoms with Gasteiger partial charge in [0.2, 0.25) is 0 Å². The van der Waals surface area contributed by atoms with E-state index in [4.69, 9.17) is 4.84 Å². The Balaban J connectivity index is 1.64. The summed E-state index contributed by atoms with van der Waals surface area (Å²) in [5, 5.41) is 0.317. The van der Waals surface area contributed by atoms with Gasteiger partial charge < -0.3 is 4.84 Å². The Bertz CT molecular complexity index is 965. The Morgan fingerprint density at radius 1 is 0.962 bits per heavy atom. The highest BCUT2D eigenvalue weighted by molar-refractivity contribution is 7.91. The Morgan fingerprint density at radius 3 is 2.04 bits per heavy atom. The second-order valence-electron chi connectivity index (χ2n) is 5.44. The molecule has 0 N–H and O–H groups in total. The van der Waals surface area contributed by atoms with Crippen LogP contribution >= 0.6 is 0 Å². The predicted octanol–water partition coefficient (Wildman–Crippen LogP) is 1.74. The fraction of sp³-hybridized carbons (Fsp3) is 0.118. The van der Waals surface area contributed by atoms with E-state index in [2.05, 4.69) is 0 Å². The molecule has 1 heterocycles. The van der Waals surface area contributed by atoms with Crippen LogP contribution in [0.1, 0.15) is 27.1 Å². The molecule has 0 spiro atoms. The molecular weight excluding hydrogens is 365 g/mol. The summed E-state index contributed by atoms with van der Waals surface area (Å²) in [6.07, 6.45) is -0.576. The van der Waals surface area contributed by atoms with E-state index in [0.717, 1.165) is 24.3 Å². The fourth-order valence-electron chi connectivity index (χ4n) is 2.37. The number of fused-ring (bicyclic) bond motifs is 1. The molecule has 0 bridgehead atoms. The number of benzene rings is 2. The van der Waals surface area contributed by atoms with Gasteiger partial charge >= 0.3 is 5.97 Å². The van der Waals surface area contributed by atoms with Crippen molar-refractivity contribution in [3.05, 3.63) is 65.5 Å². The van der Waals surface area contributed by atoms with Gasteiger partial charge in [0.15, 0.2) is 9.84 Å². The van der Waals surface area contributed by atoms with Gasteiger partial charge in [-0.3, -0.25) is 9.59 Å². The summed E-state index contributed by atoms with van der Waals surface area (Å²) in [7, 11) is -3.84. The van der Waals surface area contributed by atoms with Crippen molar-refractivity contribution < 1.29 is 32.0 Å². The SMILES string of the molecule is O=C(CCS(=O)(=O)c1ccc(F)cc1)ON1C(=O)c2ccccc2C1=O. The molecule has 1 aliphatic rings. The maximum absolute atomic E-state index is 12.9. The van der Waals surface area contributed by atoms with Gasteiger partial charge in [0.1, 0.15) is 5.82 Å². The third kappa shape index (κ3) is 3.33. The first-order valence-electron chi connectivity index (χ1n) is 7.46. The molecule has 0 radical (unpaired) electrons. The lowest BCUT2D eigenvalue weighted by atomic mass is 10.1. The standard InChI is InChI=1S/C17H12FNO6S/c18-11-5-7-12(8-6-11)26(23,24)10-9-15(20)25-19-16(21)13-3-1-2-4-14(13)17(19)22/h1-8H,9-10H2. The summed E-state index contributed by atoms with van der Waals surface area (Å²) < 4.78 is 37.1. The molecule has 7 nitrogen and oxygen atoms in total. The van der Waals surface area contributed by atoms with Crippen molar-refractivity contribution in [1.82, 2.24) is 5.06 Å². The molecule has 3 rings (SSSR count). The lowest BCUT2D eigenvalue weighted by Gasteiger charge is -2.12. The van der Waals surface area contributed by atoms with Gasteiger partial charge in [-0.25, -0.2) is 17.6 Å². The Hall–Kier alpha value is -3.07. The van der Waals surface area contributed by atoms with Gasteiger partial charge in [0.25, 0.3) is 11.8 Å². The van der Waals surface area contributed by atoms with Crippen LogP contribution in [0, 0.1) is 5.82 Å². The van der Waals surface area contributed by atoms with Crippen molar-refractivity contribution in [3.8, 4) is 0 Å². The third-order valence-electron chi connectivity index (χ3n) is 3.70. The van der Waals surface area contributed by atoms with Gasteiger partial charge in [0, 0.05) is 0 Å². The minimum absolute atomic E-state index is 0.101. The predicted molar refractivity (Wildman–Crippen MR) is 86.1 cm³/mol.